The Morgan fingerprint density at radius 2 is 1.62 bits per heavy atom. The van der Waals surface area contributed by atoms with Gasteiger partial charge in [-0.05, 0) is 38.8 Å². The van der Waals surface area contributed by atoms with E-state index in [2.05, 4.69) is 63.9 Å². The van der Waals surface area contributed by atoms with Crippen molar-refractivity contribution in [2.24, 2.45) is 10.7 Å². The van der Waals surface area contributed by atoms with Crippen LogP contribution in [0.15, 0.2) is 35.3 Å². The van der Waals surface area contributed by atoms with Crippen molar-refractivity contribution < 1.29 is 0 Å². The monoisotopic (exact) mass is 473 g/mol. The fraction of sp³-hybridized carbons (Fsp3) is 0.650. The first-order valence-corrected chi connectivity index (χ1v) is 9.76. The number of aliphatic imine (C=N–C) groups is 1. The van der Waals surface area contributed by atoms with Crippen LogP contribution in [-0.2, 0) is 6.54 Å². The van der Waals surface area contributed by atoms with Gasteiger partial charge in [-0.3, -0.25) is 9.89 Å². The summed E-state index contributed by atoms with van der Waals surface area (Å²) in [7, 11) is 0. The third-order valence-electron chi connectivity index (χ3n) is 4.96. The van der Waals surface area contributed by atoms with Gasteiger partial charge in [0.1, 0.15) is 0 Å². The minimum atomic E-state index is 0. The van der Waals surface area contributed by atoms with E-state index in [0.717, 1.165) is 32.6 Å². The summed E-state index contributed by atoms with van der Waals surface area (Å²) in [6, 6.07) is 10.8. The Morgan fingerprint density at radius 1 is 1.00 bits per heavy atom. The number of hydrogen-bond donors (Lipinski definition) is 1. The molecule has 5 nitrogen and oxygen atoms in total. The second-order valence-corrected chi connectivity index (χ2v) is 6.72. The summed E-state index contributed by atoms with van der Waals surface area (Å²) >= 11 is 0. The molecule has 148 valence electrons. The number of piperazine rings is 1. The molecule has 1 saturated heterocycles. The number of halogens is 1. The van der Waals surface area contributed by atoms with Gasteiger partial charge in [-0.15, -0.1) is 24.0 Å². The van der Waals surface area contributed by atoms with Crippen molar-refractivity contribution in [3.8, 4) is 0 Å². The third kappa shape index (κ3) is 8.22. The number of guanidine groups is 1. The van der Waals surface area contributed by atoms with E-state index in [1.165, 1.54) is 44.7 Å². The summed E-state index contributed by atoms with van der Waals surface area (Å²) in [5.74, 6) is 0.694. The molecule has 1 aliphatic rings. The molecular formula is C20H36IN5. The fourth-order valence-corrected chi connectivity index (χ4v) is 3.30. The van der Waals surface area contributed by atoms with Crippen LogP contribution in [0.4, 0.5) is 0 Å². The minimum Gasteiger partial charge on any atom is -0.370 e. The SMILES string of the molecule is CCN(CC)C(N)=NCCCCN1CCN(Cc2ccccc2)CC1.I. The molecule has 6 heteroatoms. The number of hydrogen-bond acceptors (Lipinski definition) is 3. The van der Waals surface area contributed by atoms with Crippen molar-refractivity contribution in [2.45, 2.75) is 33.2 Å². The third-order valence-corrected chi connectivity index (χ3v) is 4.96. The lowest BCUT2D eigenvalue weighted by molar-refractivity contribution is 0.126. The average Bonchev–Trinajstić information content (AvgIpc) is 2.65. The topological polar surface area (TPSA) is 48.1 Å². The van der Waals surface area contributed by atoms with Gasteiger partial charge in [-0.2, -0.15) is 0 Å². The zero-order chi connectivity index (χ0) is 17.9. The van der Waals surface area contributed by atoms with Crippen molar-refractivity contribution in [3.63, 3.8) is 0 Å². The molecular weight excluding hydrogens is 437 g/mol. The maximum absolute atomic E-state index is 6.00. The van der Waals surface area contributed by atoms with Crippen molar-refractivity contribution in [1.29, 1.82) is 0 Å². The minimum absolute atomic E-state index is 0. The highest BCUT2D eigenvalue weighted by atomic mass is 127. The quantitative estimate of drug-likeness (QED) is 0.259. The largest absolute Gasteiger partial charge is 0.370 e. The molecule has 0 bridgehead atoms. The molecule has 1 heterocycles. The Morgan fingerprint density at radius 3 is 2.23 bits per heavy atom. The number of benzene rings is 1. The molecule has 0 spiro atoms. The first kappa shape index (κ1) is 23.2. The summed E-state index contributed by atoms with van der Waals surface area (Å²) in [4.78, 5) is 11.7. The molecule has 0 aromatic heterocycles. The molecule has 2 rings (SSSR count). The van der Waals surface area contributed by atoms with E-state index < -0.39 is 0 Å². The van der Waals surface area contributed by atoms with E-state index in [0.29, 0.717) is 5.96 Å². The van der Waals surface area contributed by atoms with E-state index in [9.17, 15) is 0 Å². The zero-order valence-corrected chi connectivity index (χ0v) is 18.8. The predicted molar refractivity (Wildman–Crippen MR) is 122 cm³/mol. The van der Waals surface area contributed by atoms with Gasteiger partial charge in [0.25, 0.3) is 0 Å². The Hall–Kier alpha value is -0.860. The van der Waals surface area contributed by atoms with Crippen LogP contribution in [0.25, 0.3) is 0 Å². The second-order valence-electron chi connectivity index (χ2n) is 6.72. The highest BCUT2D eigenvalue weighted by molar-refractivity contribution is 14.0. The molecule has 0 aliphatic carbocycles. The van der Waals surface area contributed by atoms with Gasteiger partial charge in [-0.1, -0.05) is 30.3 Å². The molecule has 0 amide bonds. The van der Waals surface area contributed by atoms with Gasteiger partial charge in [-0.25, -0.2) is 0 Å². The lowest BCUT2D eigenvalue weighted by Gasteiger charge is -2.34. The molecule has 1 aromatic carbocycles. The average molecular weight is 473 g/mol. The van der Waals surface area contributed by atoms with Crippen LogP contribution in [0.5, 0.6) is 0 Å². The van der Waals surface area contributed by atoms with Crippen LogP contribution in [0, 0.1) is 0 Å². The summed E-state index contributed by atoms with van der Waals surface area (Å²) in [6.07, 6.45) is 2.32. The number of rotatable bonds is 9. The molecule has 26 heavy (non-hydrogen) atoms. The van der Waals surface area contributed by atoms with Crippen molar-refractivity contribution in [1.82, 2.24) is 14.7 Å². The highest BCUT2D eigenvalue weighted by Crippen LogP contribution is 2.09. The summed E-state index contributed by atoms with van der Waals surface area (Å²) in [5.41, 5.74) is 7.42. The Labute approximate surface area is 176 Å². The summed E-state index contributed by atoms with van der Waals surface area (Å²) < 4.78 is 0. The number of nitrogens with zero attached hydrogens (tertiary/aromatic N) is 4. The molecule has 0 radical (unpaired) electrons. The summed E-state index contributed by atoms with van der Waals surface area (Å²) in [5, 5.41) is 0. The molecule has 1 fully saturated rings. The lowest BCUT2D eigenvalue weighted by Crippen LogP contribution is -2.46. The fourth-order valence-electron chi connectivity index (χ4n) is 3.30. The normalized spacial score (nSPS) is 16.3. The summed E-state index contributed by atoms with van der Waals surface area (Å²) in [6.45, 7) is 13.9. The van der Waals surface area contributed by atoms with Gasteiger partial charge in [0.2, 0.25) is 0 Å². The second kappa shape index (κ2) is 13.3. The maximum Gasteiger partial charge on any atom is 0.191 e. The Balaban J connectivity index is 0.00000338. The van der Waals surface area contributed by atoms with Crippen LogP contribution in [0.2, 0.25) is 0 Å². The van der Waals surface area contributed by atoms with Gasteiger partial charge < -0.3 is 15.5 Å². The Kier molecular flexibility index (Phi) is 11.9. The van der Waals surface area contributed by atoms with Gasteiger partial charge in [0, 0.05) is 52.4 Å². The van der Waals surface area contributed by atoms with Gasteiger partial charge in [0.15, 0.2) is 5.96 Å². The Bertz CT molecular complexity index is 496. The predicted octanol–water partition coefficient (Wildman–Crippen LogP) is 2.86. The zero-order valence-electron chi connectivity index (χ0n) is 16.4. The molecule has 1 aliphatic heterocycles. The van der Waals surface area contributed by atoms with E-state index in [1.807, 2.05) is 0 Å². The van der Waals surface area contributed by atoms with E-state index >= 15 is 0 Å². The number of unbranched alkanes of at least 4 members (excludes halogenated alkanes) is 1. The van der Waals surface area contributed by atoms with Crippen molar-refractivity contribution in [2.75, 3.05) is 52.4 Å². The molecule has 0 unspecified atom stereocenters. The number of nitrogens with two attached hydrogens (primary N) is 1. The van der Waals surface area contributed by atoms with Gasteiger partial charge in [0.05, 0.1) is 0 Å². The van der Waals surface area contributed by atoms with Crippen molar-refractivity contribution in [3.05, 3.63) is 35.9 Å². The maximum atomic E-state index is 6.00. The van der Waals surface area contributed by atoms with Crippen LogP contribution >= 0.6 is 24.0 Å². The first-order chi connectivity index (χ1) is 12.2. The van der Waals surface area contributed by atoms with E-state index in [1.54, 1.807) is 0 Å². The first-order valence-electron chi connectivity index (χ1n) is 9.76. The molecule has 2 N–H and O–H groups in total. The van der Waals surface area contributed by atoms with E-state index in [4.69, 9.17) is 5.73 Å². The van der Waals surface area contributed by atoms with Crippen molar-refractivity contribution >= 4 is 29.9 Å². The van der Waals surface area contributed by atoms with Crippen LogP contribution in [-0.4, -0.2) is 73.0 Å². The van der Waals surface area contributed by atoms with Gasteiger partial charge >= 0.3 is 0 Å². The van der Waals surface area contributed by atoms with Crippen LogP contribution < -0.4 is 5.73 Å². The standard InChI is InChI=1S/C20H35N5.HI/c1-3-25(4-2)20(21)22-12-8-9-13-23-14-16-24(17-15-23)18-19-10-6-5-7-11-19;/h5-7,10-11H,3-4,8-9,12-18H2,1-2H3,(H2,21,22);1H. The molecule has 0 saturated carbocycles. The molecule has 1 aromatic rings. The molecule has 0 atom stereocenters. The smallest absolute Gasteiger partial charge is 0.191 e. The highest BCUT2D eigenvalue weighted by Gasteiger charge is 2.16. The van der Waals surface area contributed by atoms with Crippen LogP contribution in [0.3, 0.4) is 0 Å². The lowest BCUT2D eigenvalue weighted by atomic mass is 10.2. The van der Waals surface area contributed by atoms with Crippen LogP contribution in [0.1, 0.15) is 32.3 Å². The van der Waals surface area contributed by atoms with E-state index in [-0.39, 0.29) is 24.0 Å².